The van der Waals surface area contributed by atoms with Crippen LogP contribution in [-0.4, -0.2) is 23.9 Å². The second-order valence-corrected chi connectivity index (χ2v) is 9.49. The minimum Gasteiger partial charge on any atom is -0.337 e. The summed E-state index contributed by atoms with van der Waals surface area (Å²) in [5.41, 5.74) is 2.66. The van der Waals surface area contributed by atoms with Crippen molar-refractivity contribution in [2.45, 2.75) is 11.8 Å². The fourth-order valence-electron chi connectivity index (χ4n) is 3.60. The maximum Gasteiger partial charge on any atom is 0.274 e. The van der Waals surface area contributed by atoms with Crippen LogP contribution in [0.15, 0.2) is 92.6 Å². The summed E-state index contributed by atoms with van der Waals surface area (Å²) in [6, 6.07) is 20.7. The molecule has 0 aliphatic carbocycles. The molecule has 0 unspecified atom stereocenters. The van der Waals surface area contributed by atoms with E-state index in [-0.39, 0.29) is 17.5 Å². The summed E-state index contributed by atoms with van der Waals surface area (Å²) in [7, 11) is 1.93. The minimum absolute atomic E-state index is 0.0628. The second-order valence-electron chi connectivity index (χ2n) is 7.48. The first kappa shape index (κ1) is 21.5. The van der Waals surface area contributed by atoms with Crippen LogP contribution in [0.2, 0.25) is 0 Å². The van der Waals surface area contributed by atoms with E-state index in [1.165, 1.54) is 47.5 Å². The van der Waals surface area contributed by atoms with Crippen molar-refractivity contribution < 1.29 is 14.0 Å². The molecule has 3 aromatic rings. The number of Topliss-reactive ketones (excluding diaryl/α,β-unsaturated/α-hetero) is 1. The van der Waals surface area contributed by atoms with Crippen molar-refractivity contribution in [3.63, 3.8) is 0 Å². The van der Waals surface area contributed by atoms with Crippen LogP contribution >= 0.6 is 23.5 Å². The van der Waals surface area contributed by atoms with Crippen LogP contribution in [0.4, 0.5) is 21.5 Å². The number of fused-ring (bicyclic) bond motifs is 1. The van der Waals surface area contributed by atoms with Gasteiger partial charge in [-0.15, -0.1) is 0 Å². The lowest BCUT2D eigenvalue weighted by Gasteiger charge is -2.16. The van der Waals surface area contributed by atoms with Crippen LogP contribution in [0.3, 0.4) is 0 Å². The van der Waals surface area contributed by atoms with Gasteiger partial charge in [0.15, 0.2) is 11.0 Å². The fourth-order valence-corrected chi connectivity index (χ4v) is 5.95. The average Bonchev–Trinajstić information content (AvgIpc) is 3.31. The van der Waals surface area contributed by atoms with E-state index in [1.54, 1.807) is 36.4 Å². The molecule has 5 rings (SSSR count). The summed E-state index contributed by atoms with van der Waals surface area (Å²) in [5, 5.41) is 1.26. The Morgan fingerprint density at radius 2 is 1.73 bits per heavy atom. The number of rotatable bonds is 3. The monoisotopic (exact) mass is 475 g/mol. The molecular weight excluding hydrogens is 457 g/mol. The molecule has 1 fully saturated rings. The third kappa shape index (κ3) is 3.96. The maximum atomic E-state index is 13.6. The lowest BCUT2D eigenvalue weighted by atomic mass is 10.1. The lowest BCUT2D eigenvalue weighted by molar-refractivity contribution is -0.113. The van der Waals surface area contributed by atoms with Crippen molar-refractivity contribution in [3.8, 4) is 0 Å². The molecule has 0 aromatic heterocycles. The van der Waals surface area contributed by atoms with Crippen LogP contribution in [0, 0.1) is 5.82 Å². The second kappa shape index (κ2) is 8.53. The van der Waals surface area contributed by atoms with Gasteiger partial charge in [-0.05, 0) is 67.2 Å². The van der Waals surface area contributed by atoms with E-state index in [1.807, 2.05) is 36.2 Å². The molecule has 33 heavy (non-hydrogen) atoms. The molecule has 0 atom stereocenters. The van der Waals surface area contributed by atoms with Crippen LogP contribution in [0.5, 0.6) is 0 Å². The van der Waals surface area contributed by atoms with Gasteiger partial charge < -0.3 is 4.90 Å². The molecule has 5 nitrogen and oxygen atoms in total. The van der Waals surface area contributed by atoms with Crippen LogP contribution in [-0.2, 0) is 4.79 Å². The third-order valence-corrected chi connectivity index (χ3v) is 7.67. The highest BCUT2D eigenvalue weighted by atomic mass is 32.2. The number of amidine groups is 1. The highest BCUT2D eigenvalue weighted by molar-refractivity contribution is 8.20. The van der Waals surface area contributed by atoms with Crippen molar-refractivity contribution in [3.05, 3.63) is 94.1 Å². The number of aliphatic imine (C=N–C) groups is 1. The normalized spacial score (nSPS) is 18.9. The van der Waals surface area contributed by atoms with Gasteiger partial charge in [-0.3, -0.25) is 14.5 Å². The zero-order valence-corrected chi connectivity index (χ0v) is 19.4. The number of halogens is 1. The molecule has 164 valence electrons. The van der Waals surface area contributed by atoms with Gasteiger partial charge in [-0.1, -0.05) is 36.0 Å². The van der Waals surface area contributed by atoms with Gasteiger partial charge in [0.1, 0.15) is 10.7 Å². The number of carbonyl (C=O) groups is 2. The van der Waals surface area contributed by atoms with Gasteiger partial charge in [-0.25, -0.2) is 9.38 Å². The smallest absolute Gasteiger partial charge is 0.274 e. The van der Waals surface area contributed by atoms with Gasteiger partial charge in [-0.2, -0.15) is 0 Å². The molecule has 0 radical (unpaired) electrons. The number of para-hydroxylation sites is 1. The summed E-state index contributed by atoms with van der Waals surface area (Å²) in [5.74, 6) is -0.673. The van der Waals surface area contributed by atoms with E-state index in [4.69, 9.17) is 4.99 Å². The molecule has 8 heteroatoms. The Morgan fingerprint density at radius 3 is 2.45 bits per heavy atom. The Labute approximate surface area is 199 Å². The van der Waals surface area contributed by atoms with Crippen molar-refractivity contribution in [1.82, 2.24) is 0 Å². The highest BCUT2D eigenvalue weighted by Crippen LogP contribution is 2.50. The summed E-state index contributed by atoms with van der Waals surface area (Å²) >= 11 is 2.81. The molecule has 2 aliphatic heterocycles. The zero-order valence-electron chi connectivity index (χ0n) is 17.8. The first-order valence-electron chi connectivity index (χ1n) is 10.1. The number of ketones is 1. The van der Waals surface area contributed by atoms with E-state index >= 15 is 0 Å². The topological polar surface area (TPSA) is 53.0 Å². The number of hydrogen-bond donors (Lipinski definition) is 0. The van der Waals surface area contributed by atoms with E-state index in [9.17, 15) is 14.0 Å². The van der Waals surface area contributed by atoms with Crippen molar-refractivity contribution >= 4 is 57.4 Å². The van der Waals surface area contributed by atoms with Gasteiger partial charge in [0.05, 0.1) is 22.1 Å². The van der Waals surface area contributed by atoms with Crippen LogP contribution in [0.25, 0.3) is 0 Å². The molecule has 3 aromatic carbocycles. The fraction of sp³-hybridized carbons (Fsp3) is 0.0800. The standard InChI is InChI=1S/C25H18FN3O2S2/c1-15(30)16-6-5-7-18(14-16)27-25-29(19-12-10-17(26)11-13-19)23(31)22(33-25)24-28(2)20-8-3-4-9-21(20)32-24/h3-14H,1-2H3. The molecule has 0 bridgehead atoms. The number of carbonyl (C=O) groups excluding carboxylic acids is 2. The van der Waals surface area contributed by atoms with E-state index in [0.29, 0.717) is 27.0 Å². The molecule has 0 spiro atoms. The Morgan fingerprint density at radius 1 is 0.970 bits per heavy atom. The Hall–Kier alpha value is -3.36. The maximum absolute atomic E-state index is 13.6. The first-order chi connectivity index (χ1) is 15.9. The van der Waals surface area contributed by atoms with E-state index in [0.717, 1.165) is 15.6 Å². The predicted molar refractivity (Wildman–Crippen MR) is 133 cm³/mol. The van der Waals surface area contributed by atoms with Crippen molar-refractivity contribution in [2.75, 3.05) is 16.8 Å². The SMILES string of the molecule is CC(=O)c1cccc(N=C2SC(=C3Sc4ccccc4N3C)C(=O)N2c2ccc(F)cc2)c1. The van der Waals surface area contributed by atoms with Crippen LogP contribution < -0.4 is 9.80 Å². The number of thioether (sulfide) groups is 2. The summed E-state index contributed by atoms with van der Waals surface area (Å²) in [4.78, 5) is 35.2. The number of hydrogen-bond acceptors (Lipinski definition) is 6. The lowest BCUT2D eigenvalue weighted by Crippen LogP contribution is -2.29. The minimum atomic E-state index is -0.384. The van der Waals surface area contributed by atoms with E-state index < -0.39 is 0 Å². The number of anilines is 2. The van der Waals surface area contributed by atoms with Crippen molar-refractivity contribution in [2.24, 2.45) is 4.99 Å². The van der Waals surface area contributed by atoms with Gasteiger partial charge in [0, 0.05) is 17.5 Å². The number of amides is 1. The molecular formula is C25H18FN3O2S2. The zero-order chi connectivity index (χ0) is 23.1. The molecule has 0 N–H and O–H groups in total. The number of nitrogens with zero attached hydrogens (tertiary/aromatic N) is 3. The molecule has 1 saturated heterocycles. The van der Waals surface area contributed by atoms with E-state index in [2.05, 4.69) is 0 Å². The van der Waals surface area contributed by atoms with Gasteiger partial charge >= 0.3 is 0 Å². The summed E-state index contributed by atoms with van der Waals surface area (Å²) in [6.07, 6.45) is 0. The number of benzene rings is 3. The largest absolute Gasteiger partial charge is 0.337 e. The third-order valence-electron chi connectivity index (χ3n) is 5.28. The molecule has 0 saturated carbocycles. The Bertz CT molecular complexity index is 1350. The first-order valence-corrected chi connectivity index (χ1v) is 11.8. The van der Waals surface area contributed by atoms with Crippen LogP contribution in [0.1, 0.15) is 17.3 Å². The van der Waals surface area contributed by atoms with Gasteiger partial charge in [0.25, 0.3) is 5.91 Å². The summed E-state index contributed by atoms with van der Waals surface area (Å²) < 4.78 is 13.6. The van der Waals surface area contributed by atoms with Crippen molar-refractivity contribution in [1.29, 1.82) is 0 Å². The highest BCUT2D eigenvalue weighted by Gasteiger charge is 2.40. The molecule has 2 aliphatic rings. The predicted octanol–water partition coefficient (Wildman–Crippen LogP) is 6.21. The average molecular weight is 476 g/mol. The molecule has 2 heterocycles. The Balaban J connectivity index is 1.61. The Kier molecular flexibility index (Phi) is 5.55. The van der Waals surface area contributed by atoms with Gasteiger partial charge in [0.2, 0.25) is 0 Å². The quantitative estimate of drug-likeness (QED) is 0.333. The summed E-state index contributed by atoms with van der Waals surface area (Å²) in [6.45, 7) is 1.50. The molecule has 1 amide bonds.